The molecule has 4 aromatic rings. The Hall–Kier alpha value is -3.69. The van der Waals surface area contributed by atoms with E-state index in [0.717, 1.165) is 35.0 Å². The summed E-state index contributed by atoms with van der Waals surface area (Å²) >= 11 is 0. The van der Waals surface area contributed by atoms with Crippen molar-refractivity contribution in [2.45, 2.75) is 42.7 Å². The lowest BCUT2D eigenvalue weighted by Gasteiger charge is -2.27. The van der Waals surface area contributed by atoms with Gasteiger partial charge in [-0.2, -0.15) is 0 Å². The first-order chi connectivity index (χ1) is 16.8. The fourth-order valence-corrected chi connectivity index (χ4v) is 6.53. The molecule has 1 aliphatic carbocycles. The van der Waals surface area contributed by atoms with Crippen LogP contribution in [0.25, 0.3) is 21.7 Å². The summed E-state index contributed by atoms with van der Waals surface area (Å²) in [5.41, 5.74) is 12.4. The second kappa shape index (κ2) is 8.83. The van der Waals surface area contributed by atoms with Gasteiger partial charge in [0.1, 0.15) is 11.5 Å². The molecule has 1 fully saturated rings. The summed E-state index contributed by atoms with van der Waals surface area (Å²) < 4.78 is 29.4. The Bertz CT molecular complexity index is 1560. The quantitative estimate of drug-likeness (QED) is 0.251. The second-order valence-electron chi connectivity index (χ2n) is 9.05. The summed E-state index contributed by atoms with van der Waals surface area (Å²) in [6.07, 6.45) is 3.11. The Kier molecular flexibility index (Phi) is 5.82. The van der Waals surface area contributed by atoms with Crippen molar-refractivity contribution < 1.29 is 13.2 Å². The number of aromatic nitrogens is 1. The minimum absolute atomic E-state index is 0.0171. The van der Waals surface area contributed by atoms with E-state index in [1.54, 1.807) is 42.5 Å². The van der Waals surface area contributed by atoms with Crippen molar-refractivity contribution in [3.8, 4) is 0 Å². The summed E-state index contributed by atoms with van der Waals surface area (Å²) in [6.45, 7) is 0. The standard InChI is InChI=1S/C26H27N5O3S/c27-19-10-12-20(13-11-19)30-26(32)23-14-17-8-9-18(25(28)29)15-22(17)31(23)35(33,34)24-7-3-5-16-4-1-2-6-21(16)24/h1-9,14-15,19-20H,10-13,27H2,(H3,28,29)(H,30,32)/t19-,20-. The summed E-state index contributed by atoms with van der Waals surface area (Å²) in [5, 5.41) is 12.7. The van der Waals surface area contributed by atoms with Gasteiger partial charge in [-0.15, -0.1) is 0 Å². The first-order valence-corrected chi connectivity index (χ1v) is 13.0. The number of nitrogens with zero attached hydrogens (tertiary/aromatic N) is 1. The van der Waals surface area contributed by atoms with Crippen LogP contribution in [0.3, 0.4) is 0 Å². The van der Waals surface area contributed by atoms with E-state index >= 15 is 0 Å². The van der Waals surface area contributed by atoms with E-state index in [0.29, 0.717) is 21.9 Å². The highest BCUT2D eigenvalue weighted by Crippen LogP contribution is 2.31. The molecule has 180 valence electrons. The molecule has 1 amide bonds. The average molecular weight is 490 g/mol. The monoisotopic (exact) mass is 489 g/mol. The minimum Gasteiger partial charge on any atom is -0.384 e. The molecule has 0 aliphatic heterocycles. The third kappa shape index (κ3) is 4.17. The van der Waals surface area contributed by atoms with Crippen LogP contribution in [0, 0.1) is 5.41 Å². The number of hydrogen-bond acceptors (Lipinski definition) is 5. The molecule has 0 atom stereocenters. The van der Waals surface area contributed by atoms with Gasteiger partial charge in [-0.3, -0.25) is 10.2 Å². The number of nitrogens with one attached hydrogen (secondary N) is 2. The predicted molar refractivity (Wildman–Crippen MR) is 137 cm³/mol. The Morgan fingerprint density at radius 1 is 0.943 bits per heavy atom. The number of benzene rings is 3. The third-order valence-corrected chi connectivity index (χ3v) is 8.46. The number of amides is 1. The molecule has 6 N–H and O–H groups in total. The summed E-state index contributed by atoms with van der Waals surface area (Å²) in [4.78, 5) is 13.5. The van der Waals surface area contributed by atoms with Gasteiger partial charge in [0.25, 0.3) is 15.9 Å². The van der Waals surface area contributed by atoms with Crippen molar-refractivity contribution >= 4 is 43.4 Å². The van der Waals surface area contributed by atoms with Crippen LogP contribution >= 0.6 is 0 Å². The van der Waals surface area contributed by atoms with E-state index in [-0.39, 0.29) is 28.5 Å². The molecule has 0 bridgehead atoms. The van der Waals surface area contributed by atoms with E-state index in [9.17, 15) is 13.2 Å². The fourth-order valence-electron chi connectivity index (χ4n) is 4.80. The molecule has 35 heavy (non-hydrogen) atoms. The summed E-state index contributed by atoms with van der Waals surface area (Å²) in [5.74, 6) is -0.651. The Balaban J connectivity index is 1.69. The van der Waals surface area contributed by atoms with Gasteiger partial charge in [-0.1, -0.05) is 48.5 Å². The van der Waals surface area contributed by atoms with Crippen LogP contribution in [0.1, 0.15) is 41.7 Å². The molecular weight excluding hydrogens is 462 g/mol. The minimum atomic E-state index is -4.19. The Morgan fingerprint density at radius 3 is 2.40 bits per heavy atom. The normalized spacial score (nSPS) is 18.5. The van der Waals surface area contributed by atoms with E-state index in [4.69, 9.17) is 16.9 Å². The van der Waals surface area contributed by atoms with Crippen LogP contribution < -0.4 is 16.8 Å². The molecule has 1 aromatic heterocycles. The smallest absolute Gasteiger partial charge is 0.269 e. The van der Waals surface area contributed by atoms with Gasteiger partial charge in [0.05, 0.1) is 10.4 Å². The van der Waals surface area contributed by atoms with Gasteiger partial charge in [0, 0.05) is 28.4 Å². The van der Waals surface area contributed by atoms with Crippen molar-refractivity contribution in [1.82, 2.24) is 9.29 Å². The number of fused-ring (bicyclic) bond motifs is 2. The van der Waals surface area contributed by atoms with Crippen LogP contribution in [0.15, 0.2) is 71.6 Å². The molecule has 1 aliphatic rings. The molecule has 1 saturated carbocycles. The van der Waals surface area contributed by atoms with Gasteiger partial charge >= 0.3 is 0 Å². The molecule has 0 spiro atoms. The van der Waals surface area contributed by atoms with Crippen LogP contribution in [0.5, 0.6) is 0 Å². The molecule has 0 radical (unpaired) electrons. The van der Waals surface area contributed by atoms with Gasteiger partial charge in [0.2, 0.25) is 0 Å². The first kappa shape index (κ1) is 23.1. The molecule has 1 heterocycles. The predicted octanol–water partition coefficient (Wildman–Crippen LogP) is 3.32. The van der Waals surface area contributed by atoms with Crippen molar-refractivity contribution in [1.29, 1.82) is 5.41 Å². The van der Waals surface area contributed by atoms with Crippen molar-refractivity contribution in [3.63, 3.8) is 0 Å². The molecule has 0 unspecified atom stereocenters. The highest BCUT2D eigenvalue weighted by atomic mass is 32.2. The van der Waals surface area contributed by atoms with Crippen LogP contribution in [-0.2, 0) is 10.0 Å². The van der Waals surface area contributed by atoms with Crippen molar-refractivity contribution in [3.05, 3.63) is 78.0 Å². The number of rotatable bonds is 5. The van der Waals surface area contributed by atoms with Crippen molar-refractivity contribution in [2.24, 2.45) is 11.5 Å². The van der Waals surface area contributed by atoms with E-state index in [1.807, 2.05) is 18.2 Å². The molecule has 5 rings (SSSR count). The zero-order valence-electron chi connectivity index (χ0n) is 19.1. The number of hydrogen-bond donors (Lipinski definition) is 4. The number of nitrogens with two attached hydrogens (primary N) is 2. The first-order valence-electron chi connectivity index (χ1n) is 11.6. The number of amidine groups is 1. The highest BCUT2D eigenvalue weighted by Gasteiger charge is 2.29. The zero-order valence-corrected chi connectivity index (χ0v) is 19.9. The molecule has 9 heteroatoms. The van der Waals surface area contributed by atoms with Crippen LogP contribution in [0.4, 0.5) is 0 Å². The summed E-state index contributed by atoms with van der Waals surface area (Å²) in [6, 6.07) is 18.8. The second-order valence-corrected chi connectivity index (χ2v) is 10.8. The summed E-state index contributed by atoms with van der Waals surface area (Å²) in [7, 11) is -4.19. The lowest BCUT2D eigenvalue weighted by atomic mass is 9.92. The Labute approximate surface area is 203 Å². The molecule has 0 saturated heterocycles. The molecule has 3 aromatic carbocycles. The van der Waals surface area contributed by atoms with Gasteiger partial charge in [-0.25, -0.2) is 12.4 Å². The topological polar surface area (TPSA) is 144 Å². The maximum atomic E-state index is 14.1. The van der Waals surface area contributed by atoms with Crippen LogP contribution in [-0.4, -0.2) is 36.2 Å². The maximum Gasteiger partial charge on any atom is 0.269 e. The SMILES string of the molecule is N=C(N)c1ccc2cc(C(=O)N[C@H]3CC[C@H](N)CC3)n(S(=O)(=O)c3cccc4ccccc34)c2c1. The molecule has 8 nitrogen and oxygen atoms in total. The zero-order chi connectivity index (χ0) is 24.7. The largest absolute Gasteiger partial charge is 0.384 e. The van der Waals surface area contributed by atoms with Crippen molar-refractivity contribution in [2.75, 3.05) is 0 Å². The van der Waals surface area contributed by atoms with E-state index in [1.165, 1.54) is 6.07 Å². The van der Waals surface area contributed by atoms with Gasteiger partial charge < -0.3 is 16.8 Å². The number of carbonyl (C=O) groups excluding carboxylic acids is 1. The average Bonchev–Trinajstić information content (AvgIpc) is 3.25. The highest BCUT2D eigenvalue weighted by molar-refractivity contribution is 7.90. The van der Waals surface area contributed by atoms with Gasteiger partial charge in [0.15, 0.2) is 0 Å². The third-order valence-electron chi connectivity index (χ3n) is 6.68. The van der Waals surface area contributed by atoms with E-state index < -0.39 is 15.9 Å². The molecular formula is C26H27N5O3S. The van der Waals surface area contributed by atoms with Crippen LogP contribution in [0.2, 0.25) is 0 Å². The Morgan fingerprint density at radius 2 is 1.66 bits per heavy atom. The maximum absolute atomic E-state index is 14.1. The number of carbonyl (C=O) groups is 1. The lowest BCUT2D eigenvalue weighted by Crippen LogP contribution is -2.41. The van der Waals surface area contributed by atoms with E-state index in [2.05, 4.69) is 5.32 Å². The van der Waals surface area contributed by atoms with Gasteiger partial charge in [-0.05, 0) is 49.3 Å². The number of nitrogen functional groups attached to an aromatic ring is 1. The fraction of sp³-hybridized carbons (Fsp3) is 0.231. The lowest BCUT2D eigenvalue weighted by molar-refractivity contribution is 0.0920.